The topological polar surface area (TPSA) is 143 Å². The molecule has 2 aromatic carbocycles. The molecule has 2 heterocycles. The monoisotopic (exact) mass is 606 g/mol. The maximum atomic E-state index is 14.0. The van der Waals surface area contributed by atoms with Crippen molar-refractivity contribution in [2.45, 2.75) is 45.3 Å². The van der Waals surface area contributed by atoms with Crippen LogP contribution < -0.4 is 24.3 Å². The number of tetrazole rings is 1. The lowest BCUT2D eigenvalue weighted by atomic mass is 10.0. The first-order chi connectivity index (χ1) is 21.1. The Morgan fingerprint density at radius 1 is 0.932 bits per heavy atom. The summed E-state index contributed by atoms with van der Waals surface area (Å²) in [7, 11) is 6.20. The number of carbonyl (C=O) groups excluding carboxylic acids is 2. The molecular weight excluding hydrogens is 568 g/mol. The first-order valence-electron chi connectivity index (χ1n) is 13.9. The Hall–Kier alpha value is -5.07. The third-order valence-electron chi connectivity index (χ3n) is 6.65. The highest BCUT2D eigenvalue weighted by molar-refractivity contribution is 5.88. The van der Waals surface area contributed by atoms with Crippen LogP contribution in [0.25, 0.3) is 11.4 Å². The normalized spacial score (nSPS) is 11.9. The van der Waals surface area contributed by atoms with E-state index in [9.17, 15) is 9.59 Å². The highest BCUT2D eigenvalue weighted by Crippen LogP contribution is 2.31. The minimum Gasteiger partial charge on any atom is -0.493 e. The van der Waals surface area contributed by atoms with Crippen LogP contribution in [0.2, 0.25) is 0 Å². The molecule has 2 aromatic heterocycles. The van der Waals surface area contributed by atoms with E-state index in [1.165, 1.54) is 23.1 Å². The predicted molar refractivity (Wildman–Crippen MR) is 161 cm³/mol. The number of nitrogens with one attached hydrogen (secondary N) is 1. The molecule has 0 saturated carbocycles. The van der Waals surface area contributed by atoms with Crippen molar-refractivity contribution in [3.63, 3.8) is 0 Å². The van der Waals surface area contributed by atoms with Gasteiger partial charge in [0.2, 0.25) is 11.7 Å². The molecule has 0 radical (unpaired) electrons. The number of hydrogen-bond donors (Lipinski definition) is 1. The summed E-state index contributed by atoms with van der Waals surface area (Å²) in [5.74, 6) is 2.04. The average molecular weight is 607 g/mol. The fourth-order valence-electron chi connectivity index (χ4n) is 4.61. The summed E-state index contributed by atoms with van der Waals surface area (Å²) in [6.07, 6.45) is 1.88. The van der Waals surface area contributed by atoms with Crippen molar-refractivity contribution >= 4 is 11.8 Å². The molecule has 1 atom stereocenters. The second kappa shape index (κ2) is 13.9. The van der Waals surface area contributed by atoms with Gasteiger partial charge in [0.05, 0.1) is 34.7 Å². The fourth-order valence-corrected chi connectivity index (χ4v) is 4.61. The van der Waals surface area contributed by atoms with Gasteiger partial charge in [-0.3, -0.25) is 9.59 Å². The van der Waals surface area contributed by atoms with Gasteiger partial charge >= 0.3 is 0 Å². The largest absolute Gasteiger partial charge is 0.493 e. The van der Waals surface area contributed by atoms with Gasteiger partial charge in [-0.15, -0.1) is 10.2 Å². The van der Waals surface area contributed by atoms with E-state index in [1.807, 2.05) is 32.9 Å². The Balaban J connectivity index is 1.64. The summed E-state index contributed by atoms with van der Waals surface area (Å²) in [6.45, 7) is 5.51. The quantitative estimate of drug-likeness (QED) is 0.239. The number of carbonyl (C=O) groups is 2. The summed E-state index contributed by atoms with van der Waals surface area (Å²) in [6, 6.07) is 13.0. The number of furan rings is 1. The fraction of sp³-hybridized carbons (Fsp3) is 0.387. The molecule has 4 rings (SSSR count). The molecule has 0 saturated heterocycles. The van der Waals surface area contributed by atoms with Gasteiger partial charge in [0.1, 0.15) is 12.3 Å². The molecular formula is C31H38N6O7. The number of ether oxygens (including phenoxy) is 4. The van der Waals surface area contributed by atoms with Crippen LogP contribution in [0.4, 0.5) is 0 Å². The SMILES string of the molecule is COc1ccc(CCN(C(=O)Cn2nnc(-c3ccc(OC)c(OC)c3)n2)[C@H](C(=O)NC(C)(C)C)c2ccco2)cc1OC. The standard InChI is InChI=1S/C31H38N6O7/c1-31(2,3)32-30(39)28(24-9-8-16-44-24)36(15-14-20-10-12-22(40-4)25(17-20)42-6)27(38)19-37-34-29(33-35-37)21-11-13-23(41-5)26(18-21)43-7/h8-13,16-18,28H,14-15,19H2,1-7H3,(H,32,39)/t28-/m0/s1. The second-order valence-electron chi connectivity index (χ2n) is 10.9. The Bertz CT molecular complexity index is 1560. The number of rotatable bonds is 13. The number of hydrogen-bond acceptors (Lipinski definition) is 10. The van der Waals surface area contributed by atoms with Gasteiger partial charge in [0.15, 0.2) is 29.0 Å². The molecule has 1 N–H and O–H groups in total. The zero-order valence-electron chi connectivity index (χ0n) is 26.0. The van der Waals surface area contributed by atoms with Crippen molar-refractivity contribution in [1.82, 2.24) is 30.4 Å². The molecule has 0 bridgehead atoms. The average Bonchev–Trinajstić information content (AvgIpc) is 3.70. The number of nitrogens with zero attached hydrogens (tertiary/aromatic N) is 5. The first kappa shape index (κ1) is 31.9. The Morgan fingerprint density at radius 3 is 2.20 bits per heavy atom. The zero-order valence-corrected chi connectivity index (χ0v) is 26.0. The van der Waals surface area contributed by atoms with Gasteiger partial charge in [0, 0.05) is 17.6 Å². The van der Waals surface area contributed by atoms with Crippen LogP contribution in [0.3, 0.4) is 0 Å². The highest BCUT2D eigenvalue weighted by atomic mass is 16.5. The summed E-state index contributed by atoms with van der Waals surface area (Å²) in [5.41, 5.74) is 0.955. The number of benzene rings is 2. The minimum atomic E-state index is -1.05. The van der Waals surface area contributed by atoms with Gasteiger partial charge in [-0.1, -0.05) is 6.07 Å². The van der Waals surface area contributed by atoms with Gasteiger partial charge in [-0.05, 0) is 80.4 Å². The van der Waals surface area contributed by atoms with Gasteiger partial charge < -0.3 is 33.6 Å². The molecule has 13 nitrogen and oxygen atoms in total. The van der Waals surface area contributed by atoms with E-state index >= 15 is 0 Å². The van der Waals surface area contributed by atoms with Gasteiger partial charge in [-0.2, -0.15) is 4.80 Å². The molecule has 0 aliphatic rings. The van der Waals surface area contributed by atoms with E-state index in [4.69, 9.17) is 23.4 Å². The van der Waals surface area contributed by atoms with Crippen molar-refractivity contribution in [2.75, 3.05) is 35.0 Å². The summed E-state index contributed by atoms with van der Waals surface area (Å²) in [5, 5.41) is 15.6. The minimum absolute atomic E-state index is 0.175. The van der Waals surface area contributed by atoms with Crippen LogP contribution in [-0.2, 0) is 22.6 Å². The van der Waals surface area contributed by atoms with Crippen molar-refractivity contribution in [2.24, 2.45) is 0 Å². The van der Waals surface area contributed by atoms with E-state index < -0.39 is 17.5 Å². The lowest BCUT2D eigenvalue weighted by molar-refractivity contribution is -0.143. The van der Waals surface area contributed by atoms with Crippen LogP contribution in [0.15, 0.2) is 59.2 Å². The number of methoxy groups -OCH3 is 4. The van der Waals surface area contributed by atoms with Crippen LogP contribution in [-0.4, -0.2) is 77.4 Å². The van der Waals surface area contributed by atoms with Crippen LogP contribution in [0, 0.1) is 0 Å². The maximum Gasteiger partial charge on any atom is 0.251 e. The van der Waals surface area contributed by atoms with Crippen molar-refractivity contribution in [3.8, 4) is 34.4 Å². The molecule has 0 aliphatic carbocycles. The van der Waals surface area contributed by atoms with Crippen LogP contribution >= 0.6 is 0 Å². The lowest BCUT2D eigenvalue weighted by Gasteiger charge is -2.32. The van der Waals surface area contributed by atoms with Crippen LogP contribution in [0.1, 0.15) is 38.1 Å². The third-order valence-corrected chi connectivity index (χ3v) is 6.65. The van der Waals surface area contributed by atoms with Crippen LogP contribution in [0.5, 0.6) is 23.0 Å². The van der Waals surface area contributed by atoms with E-state index in [2.05, 4.69) is 20.7 Å². The second-order valence-corrected chi connectivity index (χ2v) is 10.9. The molecule has 0 aliphatic heterocycles. The smallest absolute Gasteiger partial charge is 0.251 e. The molecule has 2 amide bonds. The van der Waals surface area contributed by atoms with E-state index in [0.717, 1.165) is 5.56 Å². The Labute approximate surface area is 256 Å². The molecule has 4 aromatic rings. The van der Waals surface area contributed by atoms with Gasteiger partial charge in [-0.25, -0.2) is 0 Å². The van der Waals surface area contributed by atoms with Crippen molar-refractivity contribution in [3.05, 3.63) is 66.1 Å². The zero-order chi connectivity index (χ0) is 31.9. The molecule has 234 valence electrons. The van der Waals surface area contributed by atoms with E-state index in [0.29, 0.717) is 46.6 Å². The first-order valence-corrected chi connectivity index (χ1v) is 13.9. The molecule has 44 heavy (non-hydrogen) atoms. The Morgan fingerprint density at radius 2 is 1.59 bits per heavy atom. The van der Waals surface area contributed by atoms with E-state index in [-0.39, 0.29) is 19.0 Å². The Kier molecular flexibility index (Phi) is 10.1. The summed E-state index contributed by atoms with van der Waals surface area (Å²) in [4.78, 5) is 30.3. The lowest BCUT2D eigenvalue weighted by Crippen LogP contribution is -2.50. The highest BCUT2D eigenvalue weighted by Gasteiger charge is 2.35. The summed E-state index contributed by atoms with van der Waals surface area (Å²) < 4.78 is 27.2. The molecule has 0 unspecified atom stereocenters. The van der Waals surface area contributed by atoms with Gasteiger partial charge in [0.25, 0.3) is 5.91 Å². The molecule has 0 spiro atoms. The van der Waals surface area contributed by atoms with Crippen molar-refractivity contribution < 1.29 is 33.0 Å². The number of aromatic nitrogens is 4. The van der Waals surface area contributed by atoms with Crippen molar-refractivity contribution in [1.29, 1.82) is 0 Å². The van der Waals surface area contributed by atoms with E-state index in [1.54, 1.807) is 57.7 Å². The molecule has 13 heteroatoms. The number of amides is 2. The maximum absolute atomic E-state index is 14.0. The molecule has 0 fully saturated rings. The predicted octanol–water partition coefficient (Wildman–Crippen LogP) is 3.69. The summed E-state index contributed by atoms with van der Waals surface area (Å²) >= 11 is 0. The third kappa shape index (κ3) is 7.65.